The number of hydrogen-bond donors (Lipinski definition) is 0. The molecular formula is C27H24F3N3O2. The molecule has 8 heteroatoms. The van der Waals surface area contributed by atoms with E-state index in [1.165, 1.54) is 0 Å². The monoisotopic (exact) mass is 479 g/mol. The second-order valence-corrected chi connectivity index (χ2v) is 7.87. The summed E-state index contributed by atoms with van der Waals surface area (Å²) in [7, 11) is 0. The van der Waals surface area contributed by atoms with E-state index in [9.17, 15) is 13.2 Å². The van der Waals surface area contributed by atoms with Crippen LogP contribution in [-0.4, -0.2) is 21.6 Å². The molecule has 4 aromatic rings. The normalized spacial score (nSPS) is 11.8. The van der Waals surface area contributed by atoms with Crippen molar-refractivity contribution in [3.8, 4) is 11.6 Å². The van der Waals surface area contributed by atoms with Crippen molar-refractivity contribution in [2.45, 2.75) is 32.5 Å². The van der Waals surface area contributed by atoms with Crippen molar-refractivity contribution in [3.05, 3.63) is 95.6 Å². The van der Waals surface area contributed by atoms with Crippen LogP contribution in [0.15, 0.2) is 73.1 Å². The fourth-order valence-electron chi connectivity index (χ4n) is 3.52. The summed E-state index contributed by atoms with van der Waals surface area (Å²) >= 11 is 0. The predicted molar refractivity (Wildman–Crippen MR) is 128 cm³/mol. The molecule has 0 unspecified atom stereocenters. The van der Waals surface area contributed by atoms with Crippen molar-refractivity contribution in [1.82, 2.24) is 15.0 Å². The Bertz CT molecular complexity index is 1310. The molecule has 0 radical (unpaired) electrons. The van der Waals surface area contributed by atoms with Crippen molar-refractivity contribution < 1.29 is 22.6 Å². The van der Waals surface area contributed by atoms with E-state index in [4.69, 9.17) is 14.5 Å². The molecule has 2 aromatic heterocycles. The highest BCUT2D eigenvalue weighted by Crippen LogP contribution is 2.32. The van der Waals surface area contributed by atoms with Crippen molar-refractivity contribution in [2.24, 2.45) is 0 Å². The minimum Gasteiger partial charge on any atom is -0.488 e. The molecule has 0 bridgehead atoms. The molecule has 2 aromatic carbocycles. The number of aromatic nitrogens is 3. The average Bonchev–Trinajstić information content (AvgIpc) is 2.86. The highest BCUT2D eigenvalue weighted by atomic mass is 19.4. The number of alkyl halides is 3. The Morgan fingerprint density at radius 1 is 0.943 bits per heavy atom. The molecule has 0 saturated carbocycles. The maximum absolute atomic E-state index is 12.7. The van der Waals surface area contributed by atoms with Gasteiger partial charge in [-0.25, -0.2) is 15.0 Å². The number of pyridine rings is 1. The third kappa shape index (κ3) is 6.35. The molecule has 5 nitrogen and oxygen atoms in total. The predicted octanol–water partition coefficient (Wildman–Crippen LogP) is 6.80. The van der Waals surface area contributed by atoms with Gasteiger partial charge in [-0.2, -0.15) is 13.2 Å². The highest BCUT2D eigenvalue weighted by Gasteiger charge is 2.33. The van der Waals surface area contributed by atoms with Crippen molar-refractivity contribution in [2.75, 3.05) is 6.61 Å². The molecule has 0 fully saturated rings. The zero-order chi connectivity index (χ0) is 24.7. The molecule has 4 rings (SSSR count). The van der Waals surface area contributed by atoms with Crippen LogP contribution in [0.3, 0.4) is 0 Å². The standard InChI is InChI=1S/C27H24F3N3O2/c1-19-22(13-6-3-9-15-34-25-16-24(27(28,29)30)31-18-32-25)33-23-14-8-7-12-21(23)26(19)35-17-20-10-4-2-5-11-20/h2,4-8,10-14,16,18H,3,9,15,17H2,1H3/b13-6+. The number of allylic oxidation sites excluding steroid dienone is 1. The van der Waals surface area contributed by atoms with Crippen LogP contribution in [-0.2, 0) is 12.8 Å². The number of ether oxygens (including phenoxy) is 2. The lowest BCUT2D eigenvalue weighted by atomic mass is 10.1. The molecule has 0 aliphatic carbocycles. The minimum absolute atomic E-state index is 0.0939. The molecule has 35 heavy (non-hydrogen) atoms. The highest BCUT2D eigenvalue weighted by molar-refractivity contribution is 5.88. The Balaban J connectivity index is 1.40. The van der Waals surface area contributed by atoms with Gasteiger partial charge in [0.15, 0.2) is 5.69 Å². The van der Waals surface area contributed by atoms with Crippen LogP contribution in [0.1, 0.15) is 35.4 Å². The zero-order valence-electron chi connectivity index (χ0n) is 19.1. The van der Waals surface area contributed by atoms with E-state index in [-0.39, 0.29) is 12.5 Å². The zero-order valence-corrected chi connectivity index (χ0v) is 19.1. The molecule has 2 heterocycles. The largest absolute Gasteiger partial charge is 0.488 e. The minimum atomic E-state index is -4.53. The molecule has 0 N–H and O–H groups in total. The summed E-state index contributed by atoms with van der Waals surface area (Å²) in [6.07, 6.45) is 1.48. The number of halogens is 3. The molecule has 0 aliphatic rings. The second kappa shape index (κ2) is 11.0. The Hall–Kier alpha value is -3.94. The summed E-state index contributed by atoms with van der Waals surface area (Å²) < 4.78 is 49.8. The second-order valence-electron chi connectivity index (χ2n) is 7.87. The van der Waals surface area contributed by atoms with Crippen LogP contribution in [0.2, 0.25) is 0 Å². The van der Waals surface area contributed by atoms with Gasteiger partial charge in [0.2, 0.25) is 5.88 Å². The molecule has 0 amide bonds. The summed E-state index contributed by atoms with van der Waals surface area (Å²) in [6, 6.07) is 18.6. The van der Waals surface area contributed by atoms with E-state index in [2.05, 4.69) is 9.97 Å². The fraction of sp³-hybridized carbons (Fsp3) is 0.222. The quantitative estimate of drug-likeness (QED) is 0.247. The van der Waals surface area contributed by atoms with Gasteiger partial charge in [0, 0.05) is 17.0 Å². The van der Waals surface area contributed by atoms with Gasteiger partial charge in [-0.3, -0.25) is 0 Å². The lowest BCUT2D eigenvalue weighted by molar-refractivity contribution is -0.141. The van der Waals surface area contributed by atoms with Crippen LogP contribution >= 0.6 is 0 Å². The van der Waals surface area contributed by atoms with E-state index >= 15 is 0 Å². The third-order valence-electron chi connectivity index (χ3n) is 5.31. The van der Waals surface area contributed by atoms with E-state index in [1.54, 1.807) is 0 Å². The molecular weight excluding hydrogens is 455 g/mol. The number of fused-ring (bicyclic) bond motifs is 1. The summed E-state index contributed by atoms with van der Waals surface area (Å²) in [5.41, 5.74) is 2.64. The van der Waals surface area contributed by atoms with Gasteiger partial charge in [-0.1, -0.05) is 48.5 Å². The number of unbranched alkanes of at least 4 members (excludes halogenated alkanes) is 1. The van der Waals surface area contributed by atoms with Gasteiger partial charge < -0.3 is 9.47 Å². The summed E-state index contributed by atoms with van der Waals surface area (Å²) in [5, 5.41) is 0.953. The molecule has 180 valence electrons. The van der Waals surface area contributed by atoms with Crippen molar-refractivity contribution in [1.29, 1.82) is 0 Å². The molecule has 0 aliphatic heterocycles. The van der Waals surface area contributed by atoms with Crippen LogP contribution in [0.5, 0.6) is 11.6 Å². The van der Waals surface area contributed by atoms with Crippen molar-refractivity contribution in [3.63, 3.8) is 0 Å². The maximum Gasteiger partial charge on any atom is 0.433 e. The van der Waals surface area contributed by atoms with Crippen LogP contribution in [0.4, 0.5) is 13.2 Å². The van der Waals surface area contributed by atoms with Gasteiger partial charge >= 0.3 is 6.18 Å². The molecule has 0 spiro atoms. The lowest BCUT2D eigenvalue weighted by Gasteiger charge is -2.14. The summed E-state index contributed by atoms with van der Waals surface area (Å²) in [6.45, 7) is 2.67. The first-order valence-electron chi connectivity index (χ1n) is 11.2. The van der Waals surface area contributed by atoms with Crippen LogP contribution < -0.4 is 9.47 Å². The molecule has 0 saturated heterocycles. The number of hydrogen-bond acceptors (Lipinski definition) is 5. The van der Waals surface area contributed by atoms with Crippen LogP contribution in [0.25, 0.3) is 17.0 Å². The van der Waals surface area contributed by atoms with Gasteiger partial charge in [0.25, 0.3) is 0 Å². The van der Waals surface area contributed by atoms with Gasteiger partial charge in [0.05, 0.1) is 17.8 Å². The Morgan fingerprint density at radius 2 is 1.71 bits per heavy atom. The number of benzene rings is 2. The smallest absolute Gasteiger partial charge is 0.433 e. The van der Waals surface area contributed by atoms with E-state index in [0.29, 0.717) is 19.4 Å². The third-order valence-corrected chi connectivity index (χ3v) is 5.31. The number of nitrogens with zero attached hydrogens (tertiary/aromatic N) is 3. The Kier molecular flexibility index (Phi) is 7.60. The van der Waals surface area contributed by atoms with Gasteiger partial charge in [0.1, 0.15) is 18.7 Å². The van der Waals surface area contributed by atoms with Crippen LogP contribution in [0, 0.1) is 6.92 Å². The lowest BCUT2D eigenvalue weighted by Crippen LogP contribution is -2.09. The number of rotatable bonds is 9. The SMILES string of the molecule is Cc1c(/C=C/CCCOc2cc(C(F)(F)F)ncn2)nc2ccccc2c1OCc1ccccc1. The van der Waals surface area contributed by atoms with Gasteiger partial charge in [-0.15, -0.1) is 0 Å². The topological polar surface area (TPSA) is 57.1 Å². The van der Waals surface area contributed by atoms with E-state index < -0.39 is 11.9 Å². The summed E-state index contributed by atoms with van der Waals surface area (Å²) in [4.78, 5) is 11.7. The molecule has 0 atom stereocenters. The Morgan fingerprint density at radius 3 is 2.51 bits per heavy atom. The average molecular weight is 480 g/mol. The van der Waals surface area contributed by atoms with Gasteiger partial charge in [-0.05, 0) is 43.5 Å². The fourth-order valence-corrected chi connectivity index (χ4v) is 3.52. The maximum atomic E-state index is 12.7. The first kappa shape index (κ1) is 24.2. The first-order chi connectivity index (χ1) is 16.9. The van der Waals surface area contributed by atoms with E-state index in [1.807, 2.05) is 73.7 Å². The summed E-state index contributed by atoms with van der Waals surface area (Å²) in [5.74, 6) is 0.704. The Labute approximate surface area is 201 Å². The first-order valence-corrected chi connectivity index (χ1v) is 11.2. The number of para-hydroxylation sites is 1. The van der Waals surface area contributed by atoms with Crippen molar-refractivity contribution >= 4 is 17.0 Å². The van der Waals surface area contributed by atoms with E-state index in [0.717, 1.165) is 45.9 Å².